The van der Waals surface area contributed by atoms with E-state index in [-0.39, 0.29) is 12.0 Å². The second-order valence-corrected chi connectivity index (χ2v) is 6.83. The lowest BCUT2D eigenvalue weighted by atomic mass is 10.1. The molecule has 1 atom stereocenters. The molecule has 17 heavy (non-hydrogen) atoms. The number of nitrogens with one attached hydrogen (secondary N) is 1. The highest BCUT2D eigenvalue weighted by Crippen LogP contribution is 2.48. The topological polar surface area (TPSA) is 82.7 Å². The molecular formula is C10H23N4O2P. The fourth-order valence-corrected chi connectivity index (χ4v) is 3.72. The zero-order chi connectivity index (χ0) is 13.1. The molecule has 1 heterocycles. The average molecular weight is 262 g/mol. The van der Waals surface area contributed by atoms with Crippen molar-refractivity contribution in [3.05, 3.63) is 0 Å². The molecule has 0 aromatic heterocycles. The monoisotopic (exact) mass is 262 g/mol. The Balaban J connectivity index is 2.51. The number of hydrogen-bond donors (Lipinski definition) is 2. The van der Waals surface area contributed by atoms with E-state index in [1.165, 1.54) is 0 Å². The minimum absolute atomic E-state index is 0.0907. The summed E-state index contributed by atoms with van der Waals surface area (Å²) in [7, 11) is -0.788. The highest BCUT2D eigenvalue weighted by Gasteiger charge is 2.31. The molecule has 1 saturated heterocycles. The molecule has 0 saturated carbocycles. The van der Waals surface area contributed by atoms with Crippen LogP contribution < -0.4 is 5.73 Å². The Kier molecular flexibility index (Phi) is 4.98. The number of guanidine groups is 1. The van der Waals surface area contributed by atoms with Crippen LogP contribution in [-0.2, 0) is 9.09 Å². The summed E-state index contributed by atoms with van der Waals surface area (Å²) in [5.41, 5.74) is 5.45. The summed E-state index contributed by atoms with van der Waals surface area (Å²) in [4.78, 5) is 1.78. The molecule has 0 radical (unpaired) electrons. The second kappa shape index (κ2) is 5.85. The van der Waals surface area contributed by atoms with Crippen LogP contribution >= 0.6 is 7.52 Å². The van der Waals surface area contributed by atoms with E-state index in [1.54, 1.807) is 11.6 Å². The third-order valence-corrected chi connectivity index (χ3v) is 5.42. The van der Waals surface area contributed by atoms with Gasteiger partial charge in [-0.15, -0.1) is 0 Å². The first-order chi connectivity index (χ1) is 7.88. The van der Waals surface area contributed by atoms with Gasteiger partial charge in [0.25, 0.3) is 7.52 Å². The Bertz CT molecular complexity index is 315. The van der Waals surface area contributed by atoms with Crippen molar-refractivity contribution >= 4 is 13.5 Å². The summed E-state index contributed by atoms with van der Waals surface area (Å²) < 4.78 is 19.4. The fourth-order valence-electron chi connectivity index (χ4n) is 2.12. The van der Waals surface area contributed by atoms with Gasteiger partial charge in [0.05, 0.1) is 6.61 Å². The van der Waals surface area contributed by atoms with E-state index in [2.05, 4.69) is 0 Å². The maximum absolute atomic E-state index is 12.2. The smallest absolute Gasteiger partial charge is 0.269 e. The zero-order valence-corrected chi connectivity index (χ0v) is 11.7. The molecule has 3 N–H and O–H groups in total. The number of nitrogens with two attached hydrogens (primary N) is 1. The van der Waals surface area contributed by atoms with Crippen molar-refractivity contribution in [3.63, 3.8) is 0 Å². The van der Waals surface area contributed by atoms with Gasteiger partial charge in [-0.1, -0.05) is 0 Å². The lowest BCUT2D eigenvalue weighted by Gasteiger charge is -2.38. The molecule has 1 aliphatic rings. The Morgan fingerprint density at radius 1 is 1.59 bits per heavy atom. The first-order valence-corrected chi connectivity index (χ1v) is 7.95. The van der Waals surface area contributed by atoms with Gasteiger partial charge in [-0.2, -0.15) is 0 Å². The molecule has 0 bridgehead atoms. The van der Waals surface area contributed by atoms with Gasteiger partial charge in [-0.05, 0) is 19.8 Å². The van der Waals surface area contributed by atoms with E-state index in [0.717, 1.165) is 25.9 Å². The Hall–Kier alpha value is -0.580. The van der Waals surface area contributed by atoms with Crippen LogP contribution in [0.15, 0.2) is 0 Å². The van der Waals surface area contributed by atoms with Gasteiger partial charge >= 0.3 is 0 Å². The highest BCUT2D eigenvalue weighted by molar-refractivity contribution is 7.55. The minimum Gasteiger partial charge on any atom is -0.370 e. The molecule has 0 aromatic carbocycles. The van der Waals surface area contributed by atoms with Gasteiger partial charge in [0, 0.05) is 32.8 Å². The van der Waals surface area contributed by atoms with Crippen molar-refractivity contribution in [1.82, 2.24) is 9.57 Å². The first kappa shape index (κ1) is 14.5. The van der Waals surface area contributed by atoms with Gasteiger partial charge in [0.15, 0.2) is 5.96 Å². The zero-order valence-electron chi connectivity index (χ0n) is 10.8. The lowest BCUT2D eigenvalue weighted by molar-refractivity contribution is 0.201. The van der Waals surface area contributed by atoms with Crippen molar-refractivity contribution in [2.45, 2.75) is 25.8 Å². The molecule has 0 amide bonds. The molecule has 1 unspecified atom stereocenters. The van der Waals surface area contributed by atoms with Gasteiger partial charge in [0.2, 0.25) is 0 Å². The molecule has 1 rings (SSSR count). The largest absolute Gasteiger partial charge is 0.370 e. The number of piperidine rings is 1. The van der Waals surface area contributed by atoms with Crippen LogP contribution in [-0.4, -0.2) is 55.0 Å². The van der Waals surface area contributed by atoms with Gasteiger partial charge in [0.1, 0.15) is 0 Å². The third kappa shape index (κ3) is 3.69. The molecular weight excluding hydrogens is 239 g/mol. The molecule has 0 spiro atoms. The van der Waals surface area contributed by atoms with Crippen LogP contribution in [0.1, 0.15) is 19.8 Å². The van der Waals surface area contributed by atoms with Gasteiger partial charge in [-0.3, -0.25) is 9.97 Å². The van der Waals surface area contributed by atoms with Crippen molar-refractivity contribution < 1.29 is 9.09 Å². The number of rotatable bonds is 4. The molecule has 6 nitrogen and oxygen atoms in total. The van der Waals surface area contributed by atoms with Crippen molar-refractivity contribution in [1.29, 1.82) is 5.41 Å². The number of hydrogen-bond acceptors (Lipinski definition) is 3. The molecule has 0 aromatic rings. The fraction of sp³-hybridized carbons (Fsp3) is 0.900. The Labute approximate surface area is 103 Å². The normalized spacial score (nSPS) is 22.1. The average Bonchev–Trinajstić information content (AvgIpc) is 2.28. The van der Waals surface area contributed by atoms with Crippen LogP contribution in [0, 0.1) is 5.41 Å². The predicted molar refractivity (Wildman–Crippen MR) is 69.4 cm³/mol. The summed E-state index contributed by atoms with van der Waals surface area (Å²) in [5, 5.41) is 7.39. The second-order valence-electron chi connectivity index (χ2n) is 4.40. The van der Waals surface area contributed by atoms with Gasteiger partial charge < -0.3 is 15.2 Å². The van der Waals surface area contributed by atoms with Crippen LogP contribution in [0.4, 0.5) is 0 Å². The third-order valence-electron chi connectivity index (χ3n) is 3.25. The quantitative estimate of drug-likeness (QED) is 0.451. The van der Waals surface area contributed by atoms with Crippen LogP contribution in [0.3, 0.4) is 0 Å². The van der Waals surface area contributed by atoms with E-state index in [1.807, 2.05) is 18.6 Å². The molecule has 0 aliphatic carbocycles. The summed E-state index contributed by atoms with van der Waals surface area (Å²) in [5.74, 6) is 0.0907. The maximum Gasteiger partial charge on any atom is 0.269 e. The van der Waals surface area contributed by atoms with E-state index in [4.69, 9.17) is 15.7 Å². The van der Waals surface area contributed by atoms with E-state index in [9.17, 15) is 4.57 Å². The summed E-state index contributed by atoms with van der Waals surface area (Å²) in [6, 6.07) is 0.269. The van der Waals surface area contributed by atoms with Crippen LogP contribution in [0.5, 0.6) is 0 Å². The van der Waals surface area contributed by atoms with E-state index >= 15 is 0 Å². The number of nitrogens with zero attached hydrogens (tertiary/aromatic N) is 2. The minimum atomic E-state index is -2.62. The Morgan fingerprint density at radius 2 is 2.12 bits per heavy atom. The van der Waals surface area contributed by atoms with Crippen molar-refractivity contribution in [2.24, 2.45) is 5.73 Å². The SMILES string of the molecule is CCOP(C)(=O)N1CCC(N(C)C(=N)N)CC1. The lowest BCUT2D eigenvalue weighted by Crippen LogP contribution is -2.46. The molecule has 1 aliphatic heterocycles. The van der Waals surface area contributed by atoms with Crippen molar-refractivity contribution in [2.75, 3.05) is 33.4 Å². The van der Waals surface area contributed by atoms with Crippen LogP contribution in [0.2, 0.25) is 0 Å². The highest BCUT2D eigenvalue weighted by atomic mass is 31.2. The predicted octanol–water partition coefficient (Wildman–Crippen LogP) is 1.14. The van der Waals surface area contributed by atoms with E-state index in [0.29, 0.717) is 6.61 Å². The molecule has 7 heteroatoms. The van der Waals surface area contributed by atoms with E-state index < -0.39 is 7.52 Å². The first-order valence-electron chi connectivity index (χ1n) is 5.92. The maximum atomic E-state index is 12.2. The summed E-state index contributed by atoms with van der Waals surface area (Å²) >= 11 is 0. The Morgan fingerprint density at radius 3 is 2.53 bits per heavy atom. The van der Waals surface area contributed by atoms with Gasteiger partial charge in [-0.25, -0.2) is 4.67 Å². The van der Waals surface area contributed by atoms with Crippen molar-refractivity contribution in [3.8, 4) is 0 Å². The van der Waals surface area contributed by atoms with Crippen LogP contribution in [0.25, 0.3) is 0 Å². The standard InChI is InChI=1S/C10H23N4O2P/c1-4-16-17(3,15)14-7-5-9(6-8-14)13(2)10(11)12/h9H,4-8H2,1-3H3,(H3,11,12). The summed E-state index contributed by atoms with van der Waals surface area (Å²) in [6.45, 7) is 5.46. The summed E-state index contributed by atoms with van der Waals surface area (Å²) in [6.07, 6.45) is 1.72. The molecule has 1 fully saturated rings. The molecule has 100 valence electrons.